The van der Waals surface area contributed by atoms with Crippen molar-refractivity contribution in [3.8, 4) is 0 Å². The van der Waals surface area contributed by atoms with Crippen molar-refractivity contribution in [2.75, 3.05) is 6.54 Å². The van der Waals surface area contributed by atoms with Crippen molar-refractivity contribution >= 4 is 27.0 Å². The van der Waals surface area contributed by atoms with E-state index in [-0.39, 0.29) is 28.8 Å². The second-order valence-electron chi connectivity index (χ2n) is 5.97. The van der Waals surface area contributed by atoms with Crippen LogP contribution >= 0.6 is 0 Å². The van der Waals surface area contributed by atoms with Gasteiger partial charge in [0.25, 0.3) is 0 Å². The van der Waals surface area contributed by atoms with E-state index in [9.17, 15) is 18.0 Å². The van der Waals surface area contributed by atoms with Gasteiger partial charge in [0.15, 0.2) is 5.58 Å². The number of aromatic nitrogens is 1. The Morgan fingerprint density at radius 2 is 2.04 bits per heavy atom. The average Bonchev–Trinajstić information content (AvgIpc) is 3.15. The van der Waals surface area contributed by atoms with Gasteiger partial charge in [-0.25, -0.2) is 17.9 Å². The summed E-state index contributed by atoms with van der Waals surface area (Å²) in [5, 5.41) is 0. The van der Waals surface area contributed by atoms with Crippen LogP contribution in [0.5, 0.6) is 0 Å². The van der Waals surface area contributed by atoms with Gasteiger partial charge in [-0.2, -0.15) is 0 Å². The molecule has 23 heavy (non-hydrogen) atoms. The highest BCUT2D eigenvalue weighted by Crippen LogP contribution is 2.31. The maximum Gasteiger partial charge on any atom is 0.417 e. The zero-order valence-electron chi connectivity index (χ0n) is 12.1. The van der Waals surface area contributed by atoms with E-state index in [1.54, 1.807) is 4.90 Å². The number of sulfonamides is 1. The number of hydrogen-bond acceptors (Lipinski definition) is 5. The lowest BCUT2D eigenvalue weighted by atomic mass is 10.3. The molecule has 8 nitrogen and oxygen atoms in total. The van der Waals surface area contributed by atoms with Crippen molar-refractivity contribution in [2.24, 2.45) is 0 Å². The van der Waals surface area contributed by atoms with Crippen LogP contribution < -0.4 is 10.5 Å². The van der Waals surface area contributed by atoms with Crippen LogP contribution in [-0.2, 0) is 14.8 Å². The molecule has 1 saturated carbocycles. The number of rotatable bonds is 4. The van der Waals surface area contributed by atoms with E-state index in [4.69, 9.17) is 4.42 Å². The summed E-state index contributed by atoms with van der Waals surface area (Å²) >= 11 is 0. The van der Waals surface area contributed by atoms with E-state index in [1.807, 2.05) is 0 Å². The van der Waals surface area contributed by atoms with Crippen molar-refractivity contribution in [3.05, 3.63) is 28.7 Å². The van der Waals surface area contributed by atoms with Gasteiger partial charge in [-0.3, -0.25) is 9.78 Å². The fraction of sp³-hybridized carbons (Fsp3) is 0.429. The molecular weight excluding hydrogens is 322 g/mol. The molecule has 0 spiro atoms. The Labute approximate surface area is 131 Å². The fourth-order valence-corrected chi connectivity index (χ4v) is 4.17. The van der Waals surface area contributed by atoms with Crippen molar-refractivity contribution in [1.29, 1.82) is 0 Å². The van der Waals surface area contributed by atoms with Crippen molar-refractivity contribution in [3.63, 3.8) is 0 Å². The summed E-state index contributed by atoms with van der Waals surface area (Å²) in [5.74, 6) is -0.642. The molecule has 2 N–H and O–H groups in total. The van der Waals surface area contributed by atoms with Crippen LogP contribution in [0.4, 0.5) is 0 Å². The summed E-state index contributed by atoms with van der Waals surface area (Å²) in [4.78, 5) is 27.3. The lowest BCUT2D eigenvalue weighted by Crippen LogP contribution is -2.37. The highest BCUT2D eigenvalue weighted by atomic mass is 32.2. The second-order valence-corrected chi connectivity index (χ2v) is 7.69. The average molecular weight is 337 g/mol. The summed E-state index contributed by atoms with van der Waals surface area (Å²) in [7, 11) is -3.78. The first-order valence-corrected chi connectivity index (χ1v) is 8.85. The first-order chi connectivity index (χ1) is 10.9. The molecule has 1 unspecified atom stereocenters. The van der Waals surface area contributed by atoms with Crippen LogP contribution in [0.25, 0.3) is 11.1 Å². The molecule has 122 valence electrons. The molecule has 4 rings (SSSR count). The van der Waals surface area contributed by atoms with Crippen LogP contribution in [0.2, 0.25) is 0 Å². The number of H-pyrrole nitrogens is 1. The summed E-state index contributed by atoms with van der Waals surface area (Å²) in [6.07, 6.45) is 2.17. The number of carbonyl (C=O) groups excluding carboxylic acids is 1. The van der Waals surface area contributed by atoms with E-state index in [0.717, 1.165) is 12.8 Å². The first kappa shape index (κ1) is 14.5. The van der Waals surface area contributed by atoms with E-state index < -0.39 is 21.8 Å². The van der Waals surface area contributed by atoms with Crippen molar-refractivity contribution in [1.82, 2.24) is 14.6 Å². The molecule has 2 heterocycles. The Bertz CT molecular complexity index is 941. The highest BCUT2D eigenvalue weighted by molar-refractivity contribution is 7.89. The topological polar surface area (TPSA) is 112 Å². The maximum absolute atomic E-state index is 12.5. The van der Waals surface area contributed by atoms with E-state index in [1.165, 1.54) is 18.2 Å². The van der Waals surface area contributed by atoms with Crippen molar-refractivity contribution < 1.29 is 17.6 Å². The molecule has 0 radical (unpaired) electrons. The number of carbonyl (C=O) groups is 1. The minimum atomic E-state index is -3.78. The van der Waals surface area contributed by atoms with E-state index >= 15 is 0 Å². The minimum absolute atomic E-state index is 0.00470. The molecule has 0 bridgehead atoms. The smallest absolute Gasteiger partial charge is 0.408 e. The predicted octanol–water partition coefficient (Wildman–Crippen LogP) is 0.163. The summed E-state index contributed by atoms with van der Waals surface area (Å²) < 4.78 is 32.4. The Morgan fingerprint density at radius 1 is 1.26 bits per heavy atom. The number of nitrogens with zero attached hydrogens (tertiary/aromatic N) is 1. The number of nitrogens with one attached hydrogen (secondary N) is 2. The number of oxazole rings is 1. The van der Waals surface area contributed by atoms with Crippen LogP contribution in [0.1, 0.15) is 19.3 Å². The monoisotopic (exact) mass is 337 g/mol. The van der Waals surface area contributed by atoms with Gasteiger partial charge in [0, 0.05) is 31.1 Å². The van der Waals surface area contributed by atoms with Gasteiger partial charge < -0.3 is 9.32 Å². The molecule has 1 aromatic heterocycles. The van der Waals surface area contributed by atoms with Crippen LogP contribution in [0, 0.1) is 0 Å². The number of amides is 1. The Morgan fingerprint density at radius 3 is 2.78 bits per heavy atom. The van der Waals surface area contributed by atoms with Gasteiger partial charge in [-0.05, 0) is 25.0 Å². The fourth-order valence-electron chi connectivity index (χ4n) is 2.93. The molecule has 1 atom stereocenters. The molecule has 1 amide bonds. The number of aromatic amines is 1. The molecule has 2 fully saturated rings. The zero-order valence-corrected chi connectivity index (χ0v) is 12.9. The molecule has 1 aliphatic heterocycles. The summed E-state index contributed by atoms with van der Waals surface area (Å²) in [6.45, 7) is 0.407. The Balaban J connectivity index is 1.56. The van der Waals surface area contributed by atoms with Crippen LogP contribution in [0.3, 0.4) is 0 Å². The summed E-state index contributed by atoms with van der Waals surface area (Å²) in [5.41, 5.74) is 0.616. The molecule has 1 saturated heterocycles. The van der Waals surface area contributed by atoms with Gasteiger partial charge in [0.1, 0.15) is 0 Å². The molecule has 2 aliphatic rings. The number of fused-ring (bicyclic) bond motifs is 1. The maximum atomic E-state index is 12.5. The number of likely N-dealkylation sites (tertiary alicyclic amines) is 1. The Hall–Kier alpha value is -2.13. The number of benzene rings is 1. The number of hydrogen-bond donors (Lipinski definition) is 2. The van der Waals surface area contributed by atoms with Crippen molar-refractivity contribution in [2.45, 2.75) is 36.2 Å². The summed E-state index contributed by atoms with van der Waals surface area (Å²) in [6, 6.07) is 4.02. The van der Waals surface area contributed by atoms with Crippen LogP contribution in [-0.4, -0.2) is 42.8 Å². The lowest BCUT2D eigenvalue weighted by molar-refractivity contribution is -0.128. The standard InChI is InChI=1S/C14H15N3O5S/c18-13-5-8(7-17(13)9-1-2-9)16-23(20,21)10-3-4-11-12(6-10)22-14(19)15-11/h3-4,6,8-9,16H,1-2,5,7H2,(H,15,19). The molecular formula is C14H15N3O5S. The third-order valence-corrected chi connectivity index (χ3v) is 5.69. The largest absolute Gasteiger partial charge is 0.417 e. The van der Waals surface area contributed by atoms with Gasteiger partial charge >= 0.3 is 5.76 Å². The lowest BCUT2D eigenvalue weighted by Gasteiger charge is -2.16. The second kappa shape index (κ2) is 4.93. The van der Waals surface area contributed by atoms with E-state index in [2.05, 4.69) is 9.71 Å². The SMILES string of the molecule is O=C1CC(NS(=O)(=O)c2ccc3[nH]c(=O)oc3c2)CN1C1CC1. The first-order valence-electron chi connectivity index (χ1n) is 7.37. The molecule has 9 heteroatoms. The molecule has 1 aromatic carbocycles. The molecule has 2 aromatic rings. The third kappa shape index (κ3) is 2.66. The van der Waals surface area contributed by atoms with E-state index in [0.29, 0.717) is 12.1 Å². The normalized spacial score (nSPS) is 22.2. The van der Waals surface area contributed by atoms with Gasteiger partial charge in [0.2, 0.25) is 15.9 Å². The van der Waals surface area contributed by atoms with Gasteiger partial charge in [-0.1, -0.05) is 0 Å². The third-order valence-electron chi connectivity index (χ3n) is 4.17. The van der Waals surface area contributed by atoms with Gasteiger partial charge in [-0.15, -0.1) is 0 Å². The highest BCUT2D eigenvalue weighted by Gasteiger charge is 2.40. The minimum Gasteiger partial charge on any atom is -0.408 e. The van der Waals surface area contributed by atoms with Gasteiger partial charge in [0.05, 0.1) is 10.4 Å². The molecule has 1 aliphatic carbocycles. The quantitative estimate of drug-likeness (QED) is 0.825. The zero-order chi connectivity index (χ0) is 16.2. The Kier molecular flexibility index (Phi) is 3.10. The van der Waals surface area contributed by atoms with Crippen LogP contribution in [0.15, 0.2) is 32.3 Å². The predicted molar refractivity (Wildman–Crippen MR) is 80.3 cm³/mol.